The summed E-state index contributed by atoms with van der Waals surface area (Å²) in [5.74, 6) is -0.991. The van der Waals surface area contributed by atoms with Gasteiger partial charge in [-0.2, -0.15) is 27.1 Å². The highest BCUT2D eigenvalue weighted by Gasteiger charge is 2.34. The summed E-state index contributed by atoms with van der Waals surface area (Å²) < 4.78 is 67.4. The minimum absolute atomic E-state index is 0.0244. The fourth-order valence-electron chi connectivity index (χ4n) is 1.90. The summed E-state index contributed by atoms with van der Waals surface area (Å²) in [6.45, 7) is -2.22. The van der Waals surface area contributed by atoms with E-state index >= 15 is 0 Å². The number of benzene rings is 1. The van der Waals surface area contributed by atoms with E-state index in [1.807, 2.05) is 0 Å². The van der Waals surface area contributed by atoms with Crippen LogP contribution in [0.1, 0.15) is 11.4 Å². The Kier molecular flexibility index (Phi) is 5.05. The van der Waals surface area contributed by atoms with E-state index in [-0.39, 0.29) is 17.1 Å². The topological polar surface area (TPSA) is 56.2 Å². The van der Waals surface area contributed by atoms with E-state index < -0.39 is 30.9 Å². The van der Waals surface area contributed by atoms with Crippen molar-refractivity contribution in [1.29, 1.82) is 0 Å². The number of halogens is 5. The number of rotatable bonds is 5. The standard InChI is InChI=1S/C14H12F5N3O2/c1-8-6-11(14(17,18)19)21-22(8)7-12(23)20-9-4-2-3-5-10(9)24-13(15)16/h2-6,13H,7H2,1H3,(H,20,23). The van der Waals surface area contributed by atoms with Crippen molar-refractivity contribution >= 4 is 11.6 Å². The average molecular weight is 349 g/mol. The van der Waals surface area contributed by atoms with Crippen LogP contribution in [0, 0.1) is 6.92 Å². The number of carbonyl (C=O) groups is 1. The van der Waals surface area contributed by atoms with Crippen molar-refractivity contribution in [2.75, 3.05) is 5.32 Å². The monoisotopic (exact) mass is 349 g/mol. The Morgan fingerprint density at radius 2 is 2.00 bits per heavy atom. The number of nitrogens with one attached hydrogen (secondary N) is 1. The highest BCUT2D eigenvalue weighted by molar-refractivity contribution is 5.92. The molecule has 1 N–H and O–H groups in total. The van der Waals surface area contributed by atoms with Crippen molar-refractivity contribution < 1.29 is 31.5 Å². The lowest BCUT2D eigenvalue weighted by Gasteiger charge is -2.12. The number of anilines is 1. The third-order valence-electron chi connectivity index (χ3n) is 2.94. The van der Waals surface area contributed by atoms with Crippen molar-refractivity contribution in [3.05, 3.63) is 41.7 Å². The lowest BCUT2D eigenvalue weighted by atomic mass is 10.3. The summed E-state index contributed by atoms with van der Waals surface area (Å²) in [5, 5.41) is 5.61. The zero-order chi connectivity index (χ0) is 17.9. The number of nitrogens with zero attached hydrogens (tertiary/aromatic N) is 2. The second-order valence-corrected chi connectivity index (χ2v) is 4.75. The fourth-order valence-corrected chi connectivity index (χ4v) is 1.90. The Hall–Kier alpha value is -2.65. The second kappa shape index (κ2) is 6.85. The molecule has 130 valence electrons. The van der Waals surface area contributed by atoms with Crippen LogP contribution < -0.4 is 10.1 Å². The van der Waals surface area contributed by atoms with Gasteiger partial charge < -0.3 is 10.1 Å². The Labute approximate surface area is 133 Å². The first-order chi connectivity index (χ1) is 11.2. The van der Waals surface area contributed by atoms with Crippen LogP contribution in [0.25, 0.3) is 0 Å². The zero-order valence-electron chi connectivity index (χ0n) is 12.3. The van der Waals surface area contributed by atoms with Gasteiger partial charge in [-0.25, -0.2) is 0 Å². The predicted octanol–water partition coefficient (Wildman–Crippen LogP) is 3.45. The lowest BCUT2D eigenvalue weighted by molar-refractivity contribution is -0.141. The second-order valence-electron chi connectivity index (χ2n) is 4.75. The van der Waals surface area contributed by atoms with E-state index in [1.54, 1.807) is 0 Å². The molecule has 0 fully saturated rings. The number of hydrogen-bond acceptors (Lipinski definition) is 3. The minimum Gasteiger partial charge on any atom is -0.433 e. The molecule has 0 saturated heterocycles. The molecule has 0 saturated carbocycles. The first-order valence-electron chi connectivity index (χ1n) is 6.62. The van der Waals surface area contributed by atoms with Gasteiger partial charge >= 0.3 is 12.8 Å². The molecule has 0 unspecified atom stereocenters. The van der Waals surface area contributed by atoms with Gasteiger partial charge in [0.1, 0.15) is 12.3 Å². The number of carbonyl (C=O) groups excluding carboxylic acids is 1. The van der Waals surface area contributed by atoms with Crippen molar-refractivity contribution in [2.45, 2.75) is 26.3 Å². The number of ether oxygens (including phenoxy) is 1. The molecular formula is C14H12F5N3O2. The summed E-state index contributed by atoms with van der Waals surface area (Å²) in [6, 6.07) is 6.27. The highest BCUT2D eigenvalue weighted by atomic mass is 19.4. The molecule has 0 radical (unpaired) electrons. The third-order valence-corrected chi connectivity index (χ3v) is 2.94. The maximum absolute atomic E-state index is 12.6. The maximum Gasteiger partial charge on any atom is 0.435 e. The van der Waals surface area contributed by atoms with Gasteiger partial charge in [0, 0.05) is 5.69 Å². The molecule has 0 spiro atoms. The van der Waals surface area contributed by atoms with E-state index in [2.05, 4.69) is 15.2 Å². The summed E-state index contributed by atoms with van der Waals surface area (Å²) in [4.78, 5) is 11.9. The fraction of sp³-hybridized carbons (Fsp3) is 0.286. The number of aromatic nitrogens is 2. The molecule has 2 rings (SSSR count). The summed E-state index contributed by atoms with van der Waals surface area (Å²) in [5.41, 5.74) is -1.01. The van der Waals surface area contributed by atoms with Crippen LogP contribution in [0.5, 0.6) is 5.75 Å². The molecule has 2 aromatic rings. The average Bonchev–Trinajstić information content (AvgIpc) is 2.82. The minimum atomic E-state index is -4.62. The molecule has 0 bridgehead atoms. The molecule has 1 amide bonds. The highest BCUT2D eigenvalue weighted by Crippen LogP contribution is 2.28. The summed E-state index contributed by atoms with van der Waals surface area (Å²) in [7, 11) is 0. The van der Waals surface area contributed by atoms with Crippen molar-refractivity contribution in [3.63, 3.8) is 0 Å². The van der Waals surface area contributed by atoms with Crippen LogP contribution >= 0.6 is 0 Å². The van der Waals surface area contributed by atoms with Crippen molar-refractivity contribution in [3.8, 4) is 5.75 Å². The molecule has 24 heavy (non-hydrogen) atoms. The van der Waals surface area contributed by atoms with Gasteiger partial charge in [0.2, 0.25) is 5.91 Å². The van der Waals surface area contributed by atoms with E-state index in [0.29, 0.717) is 0 Å². The van der Waals surface area contributed by atoms with Crippen LogP contribution in [0.2, 0.25) is 0 Å². The number of alkyl halides is 5. The van der Waals surface area contributed by atoms with Gasteiger partial charge in [0.15, 0.2) is 5.69 Å². The molecular weight excluding hydrogens is 337 g/mol. The quantitative estimate of drug-likeness (QED) is 0.842. The van der Waals surface area contributed by atoms with Gasteiger partial charge in [0.05, 0.1) is 5.69 Å². The number of aryl methyl sites for hydroxylation is 1. The molecule has 1 aromatic heterocycles. The number of hydrogen-bond donors (Lipinski definition) is 1. The predicted molar refractivity (Wildman–Crippen MR) is 73.7 cm³/mol. The molecule has 5 nitrogen and oxygen atoms in total. The Morgan fingerprint density at radius 3 is 2.58 bits per heavy atom. The van der Waals surface area contributed by atoms with Crippen LogP contribution in [-0.4, -0.2) is 22.3 Å². The lowest BCUT2D eigenvalue weighted by Crippen LogP contribution is -2.21. The molecule has 0 aliphatic rings. The largest absolute Gasteiger partial charge is 0.435 e. The van der Waals surface area contributed by atoms with Crippen molar-refractivity contribution in [1.82, 2.24) is 9.78 Å². The first kappa shape index (κ1) is 17.7. The van der Waals surface area contributed by atoms with Crippen LogP contribution in [0.3, 0.4) is 0 Å². The maximum atomic E-state index is 12.6. The molecule has 1 heterocycles. The Bertz CT molecular complexity index is 727. The SMILES string of the molecule is Cc1cc(C(F)(F)F)nn1CC(=O)Nc1ccccc1OC(F)F. The third kappa shape index (κ3) is 4.43. The Morgan fingerprint density at radius 1 is 1.33 bits per heavy atom. The van der Waals surface area contributed by atoms with E-state index in [4.69, 9.17) is 0 Å². The van der Waals surface area contributed by atoms with Crippen LogP contribution in [-0.2, 0) is 17.5 Å². The molecule has 0 aliphatic heterocycles. The van der Waals surface area contributed by atoms with Gasteiger partial charge in [-0.1, -0.05) is 12.1 Å². The van der Waals surface area contributed by atoms with Crippen LogP contribution in [0.15, 0.2) is 30.3 Å². The molecule has 0 atom stereocenters. The molecule has 10 heteroatoms. The zero-order valence-corrected chi connectivity index (χ0v) is 12.3. The summed E-state index contributed by atoms with van der Waals surface area (Å²) >= 11 is 0. The van der Waals surface area contributed by atoms with Gasteiger partial charge in [-0.15, -0.1) is 0 Å². The molecule has 0 aliphatic carbocycles. The van der Waals surface area contributed by atoms with Crippen molar-refractivity contribution in [2.24, 2.45) is 0 Å². The smallest absolute Gasteiger partial charge is 0.433 e. The van der Waals surface area contributed by atoms with E-state index in [1.165, 1.54) is 31.2 Å². The molecule has 1 aromatic carbocycles. The van der Waals surface area contributed by atoms with Gasteiger partial charge in [-0.3, -0.25) is 9.48 Å². The normalized spacial score (nSPS) is 11.6. The summed E-state index contributed by atoms with van der Waals surface area (Å²) in [6.07, 6.45) is -4.62. The number of amides is 1. The number of para-hydroxylation sites is 2. The first-order valence-corrected chi connectivity index (χ1v) is 6.62. The van der Waals surface area contributed by atoms with E-state index in [9.17, 15) is 26.7 Å². The van der Waals surface area contributed by atoms with Gasteiger partial charge in [0.25, 0.3) is 0 Å². The Balaban J connectivity index is 2.11. The van der Waals surface area contributed by atoms with Crippen LogP contribution in [0.4, 0.5) is 27.6 Å². The van der Waals surface area contributed by atoms with E-state index in [0.717, 1.165) is 10.7 Å². The van der Waals surface area contributed by atoms with Gasteiger partial charge in [-0.05, 0) is 25.1 Å².